The molecule has 0 atom stereocenters. The summed E-state index contributed by atoms with van der Waals surface area (Å²) in [4.78, 5) is 23.9. The molecular formula is C17H18N2O5. The molecule has 24 heavy (non-hydrogen) atoms. The standard InChI is InChI=1S/C17H18N2O5/c1-9-14-12(18-19-16(20)11-7-8-23-10(11)2)5-4-6-13(14)24-15(9)17(21)22-3/h7-8H,4-6H2,1-3H3,(H,19,20)/b18-12+. The van der Waals surface area contributed by atoms with Crippen molar-refractivity contribution in [3.8, 4) is 0 Å². The fourth-order valence-corrected chi connectivity index (χ4v) is 2.87. The number of amides is 1. The van der Waals surface area contributed by atoms with Crippen molar-refractivity contribution in [2.24, 2.45) is 5.10 Å². The van der Waals surface area contributed by atoms with Crippen LogP contribution in [0.25, 0.3) is 0 Å². The van der Waals surface area contributed by atoms with Gasteiger partial charge in [-0.3, -0.25) is 4.79 Å². The van der Waals surface area contributed by atoms with Gasteiger partial charge in [0.15, 0.2) is 0 Å². The summed E-state index contributed by atoms with van der Waals surface area (Å²) < 4.78 is 15.5. The maximum absolute atomic E-state index is 12.2. The molecule has 1 N–H and O–H groups in total. The third kappa shape index (κ3) is 2.73. The Morgan fingerprint density at radius 1 is 1.29 bits per heavy atom. The molecule has 7 heteroatoms. The van der Waals surface area contributed by atoms with Crippen LogP contribution in [-0.4, -0.2) is 24.7 Å². The van der Waals surface area contributed by atoms with Gasteiger partial charge in [0, 0.05) is 17.5 Å². The van der Waals surface area contributed by atoms with Crippen LogP contribution in [0.2, 0.25) is 0 Å². The number of rotatable bonds is 3. The Balaban J connectivity index is 1.89. The molecule has 0 saturated carbocycles. The first-order valence-electron chi connectivity index (χ1n) is 7.65. The van der Waals surface area contributed by atoms with Crippen LogP contribution in [0.15, 0.2) is 26.3 Å². The number of hydrogen-bond donors (Lipinski definition) is 1. The van der Waals surface area contributed by atoms with Gasteiger partial charge in [0.1, 0.15) is 11.5 Å². The molecule has 7 nitrogen and oxygen atoms in total. The summed E-state index contributed by atoms with van der Waals surface area (Å²) in [7, 11) is 1.31. The van der Waals surface area contributed by atoms with Gasteiger partial charge < -0.3 is 13.6 Å². The fourth-order valence-electron chi connectivity index (χ4n) is 2.87. The van der Waals surface area contributed by atoms with Crippen LogP contribution >= 0.6 is 0 Å². The predicted molar refractivity (Wildman–Crippen MR) is 85.2 cm³/mol. The van der Waals surface area contributed by atoms with Crippen LogP contribution in [0.5, 0.6) is 0 Å². The summed E-state index contributed by atoms with van der Waals surface area (Å²) in [5.41, 5.74) is 5.15. The molecule has 0 fully saturated rings. The number of hydrogen-bond acceptors (Lipinski definition) is 6. The molecule has 126 valence electrons. The summed E-state index contributed by atoms with van der Waals surface area (Å²) in [6.45, 7) is 3.50. The molecule has 3 rings (SSSR count). The predicted octanol–water partition coefficient (Wildman–Crippen LogP) is 2.75. The third-order valence-corrected chi connectivity index (χ3v) is 4.09. The van der Waals surface area contributed by atoms with E-state index in [0.29, 0.717) is 34.8 Å². The van der Waals surface area contributed by atoms with Crippen LogP contribution in [0, 0.1) is 13.8 Å². The topological polar surface area (TPSA) is 94.0 Å². The lowest BCUT2D eigenvalue weighted by molar-refractivity contribution is 0.0561. The first-order valence-corrected chi connectivity index (χ1v) is 7.65. The molecule has 1 aliphatic rings. The van der Waals surface area contributed by atoms with Crippen molar-refractivity contribution < 1.29 is 23.2 Å². The number of fused-ring (bicyclic) bond motifs is 1. The van der Waals surface area contributed by atoms with Gasteiger partial charge in [0.2, 0.25) is 5.76 Å². The largest absolute Gasteiger partial charge is 0.469 e. The minimum Gasteiger partial charge on any atom is -0.469 e. The second-order valence-electron chi connectivity index (χ2n) is 5.59. The molecule has 0 saturated heterocycles. The van der Waals surface area contributed by atoms with Gasteiger partial charge >= 0.3 is 5.97 Å². The van der Waals surface area contributed by atoms with Gasteiger partial charge in [-0.25, -0.2) is 10.2 Å². The monoisotopic (exact) mass is 330 g/mol. The summed E-state index contributed by atoms with van der Waals surface area (Å²) in [6, 6.07) is 1.59. The highest BCUT2D eigenvalue weighted by atomic mass is 16.5. The number of esters is 1. The molecule has 0 aromatic carbocycles. The van der Waals surface area contributed by atoms with Gasteiger partial charge in [-0.2, -0.15) is 5.10 Å². The molecule has 2 heterocycles. The van der Waals surface area contributed by atoms with E-state index in [1.165, 1.54) is 13.4 Å². The highest BCUT2D eigenvalue weighted by Crippen LogP contribution is 2.30. The van der Waals surface area contributed by atoms with Crippen LogP contribution in [0.4, 0.5) is 0 Å². The molecule has 2 aromatic heterocycles. The lowest BCUT2D eigenvalue weighted by atomic mass is 9.93. The number of nitrogens with one attached hydrogen (secondary N) is 1. The number of furan rings is 2. The Morgan fingerprint density at radius 3 is 2.75 bits per heavy atom. The number of methoxy groups -OCH3 is 1. The molecule has 1 aliphatic carbocycles. The summed E-state index contributed by atoms with van der Waals surface area (Å²) in [5, 5.41) is 4.24. The second-order valence-corrected chi connectivity index (χ2v) is 5.59. The first-order chi connectivity index (χ1) is 11.5. The highest BCUT2D eigenvalue weighted by Gasteiger charge is 2.28. The minimum atomic E-state index is -0.515. The zero-order valence-electron chi connectivity index (χ0n) is 13.8. The smallest absolute Gasteiger partial charge is 0.374 e. The number of carbonyl (C=O) groups is 2. The lowest BCUT2D eigenvalue weighted by Gasteiger charge is -2.13. The van der Waals surface area contributed by atoms with Gasteiger partial charge in [-0.05, 0) is 32.8 Å². The van der Waals surface area contributed by atoms with Crippen molar-refractivity contribution in [3.05, 3.63) is 46.3 Å². The fraction of sp³-hybridized carbons (Fsp3) is 0.353. The maximum Gasteiger partial charge on any atom is 0.374 e. The maximum atomic E-state index is 12.2. The van der Waals surface area contributed by atoms with Gasteiger partial charge in [0.25, 0.3) is 5.91 Å². The Kier molecular flexibility index (Phi) is 4.24. The van der Waals surface area contributed by atoms with E-state index in [0.717, 1.165) is 18.4 Å². The van der Waals surface area contributed by atoms with E-state index in [2.05, 4.69) is 10.5 Å². The van der Waals surface area contributed by atoms with E-state index in [1.54, 1.807) is 19.9 Å². The van der Waals surface area contributed by atoms with Crippen molar-refractivity contribution >= 4 is 17.6 Å². The third-order valence-electron chi connectivity index (χ3n) is 4.09. The van der Waals surface area contributed by atoms with E-state index >= 15 is 0 Å². The molecule has 1 amide bonds. The van der Waals surface area contributed by atoms with Crippen molar-refractivity contribution in [2.45, 2.75) is 33.1 Å². The van der Waals surface area contributed by atoms with Crippen molar-refractivity contribution in [1.29, 1.82) is 0 Å². The zero-order chi connectivity index (χ0) is 17.3. The SMILES string of the molecule is COC(=O)c1oc2c(c1C)/C(=N/NC(=O)c1ccoc1C)CCC2. The second kappa shape index (κ2) is 6.35. The van der Waals surface area contributed by atoms with E-state index in [4.69, 9.17) is 13.6 Å². The lowest BCUT2D eigenvalue weighted by Crippen LogP contribution is -2.22. The molecule has 0 aliphatic heterocycles. The summed E-state index contributed by atoms with van der Waals surface area (Å²) in [5.74, 6) is 0.569. The average Bonchev–Trinajstić information content (AvgIpc) is 3.16. The molecule has 0 radical (unpaired) electrons. The van der Waals surface area contributed by atoms with Crippen LogP contribution < -0.4 is 5.43 Å². The van der Waals surface area contributed by atoms with E-state index in [1.807, 2.05) is 0 Å². The number of ether oxygens (including phenoxy) is 1. The quantitative estimate of drug-likeness (QED) is 0.690. The highest BCUT2D eigenvalue weighted by molar-refractivity contribution is 6.06. The number of nitrogens with zero attached hydrogens (tertiary/aromatic N) is 1. The number of aryl methyl sites for hydroxylation is 2. The Hall–Kier alpha value is -2.83. The zero-order valence-corrected chi connectivity index (χ0v) is 13.8. The van der Waals surface area contributed by atoms with E-state index < -0.39 is 5.97 Å². The van der Waals surface area contributed by atoms with Crippen LogP contribution in [0.1, 0.15) is 56.4 Å². The van der Waals surface area contributed by atoms with Crippen LogP contribution in [-0.2, 0) is 11.2 Å². The average molecular weight is 330 g/mol. The van der Waals surface area contributed by atoms with E-state index in [9.17, 15) is 9.59 Å². The van der Waals surface area contributed by atoms with Crippen LogP contribution in [0.3, 0.4) is 0 Å². The summed E-state index contributed by atoms with van der Waals surface area (Å²) in [6.07, 6.45) is 3.71. The van der Waals surface area contributed by atoms with Gasteiger partial charge in [-0.15, -0.1) is 0 Å². The summed E-state index contributed by atoms with van der Waals surface area (Å²) >= 11 is 0. The number of carbonyl (C=O) groups excluding carboxylic acids is 2. The Bertz CT molecular complexity index is 828. The van der Waals surface area contributed by atoms with E-state index in [-0.39, 0.29) is 11.7 Å². The van der Waals surface area contributed by atoms with Gasteiger partial charge in [-0.1, -0.05) is 0 Å². The first kappa shape index (κ1) is 16.0. The minimum absolute atomic E-state index is 0.189. The van der Waals surface area contributed by atoms with Gasteiger partial charge in [0.05, 0.1) is 24.6 Å². The molecule has 0 spiro atoms. The Labute approximate surface area is 138 Å². The molecule has 0 bridgehead atoms. The van der Waals surface area contributed by atoms with Crippen molar-refractivity contribution in [3.63, 3.8) is 0 Å². The Morgan fingerprint density at radius 2 is 2.08 bits per heavy atom. The van der Waals surface area contributed by atoms with Crippen molar-refractivity contribution in [2.75, 3.05) is 7.11 Å². The normalized spacial score (nSPS) is 15.2. The molecule has 2 aromatic rings. The molecular weight excluding hydrogens is 312 g/mol. The molecule has 0 unspecified atom stereocenters. The number of hydrazone groups is 1. The van der Waals surface area contributed by atoms with Crippen molar-refractivity contribution in [1.82, 2.24) is 5.43 Å².